The largest absolute Gasteiger partial charge is 0.353 e. The van der Waals surface area contributed by atoms with E-state index in [9.17, 15) is 4.79 Å². The maximum Gasteiger partial charge on any atom is 0.242 e. The summed E-state index contributed by atoms with van der Waals surface area (Å²) in [5.41, 5.74) is 0.837. The predicted octanol–water partition coefficient (Wildman–Crippen LogP) is 4.00. The highest BCUT2D eigenvalue weighted by Gasteiger charge is 2.27. The van der Waals surface area contributed by atoms with Gasteiger partial charge in [0, 0.05) is 11.3 Å². The van der Waals surface area contributed by atoms with Crippen molar-refractivity contribution in [2.45, 2.75) is 36.8 Å². The van der Waals surface area contributed by atoms with E-state index < -0.39 is 5.38 Å². The van der Waals surface area contributed by atoms with Crippen LogP contribution in [-0.4, -0.2) is 23.5 Å². The van der Waals surface area contributed by atoms with Gasteiger partial charge in [-0.2, -0.15) is 11.8 Å². The average molecular weight is 300 g/mol. The number of alkyl halides is 1. The van der Waals surface area contributed by atoms with Gasteiger partial charge in [-0.25, -0.2) is 0 Å². The van der Waals surface area contributed by atoms with Crippen LogP contribution in [0.1, 0.15) is 37.6 Å². The Morgan fingerprint density at radius 3 is 2.37 bits per heavy atom. The molecule has 0 saturated heterocycles. The van der Waals surface area contributed by atoms with Crippen molar-refractivity contribution >= 4 is 29.3 Å². The molecule has 1 aromatic carbocycles. The fourth-order valence-electron chi connectivity index (χ4n) is 1.97. The summed E-state index contributed by atoms with van der Waals surface area (Å²) in [4.78, 5) is 12.1. The van der Waals surface area contributed by atoms with Crippen LogP contribution in [-0.2, 0) is 4.79 Å². The molecule has 1 aromatic rings. The quantitative estimate of drug-likeness (QED) is 0.771. The molecule has 0 aliphatic heterocycles. The number of hydrogen-bond acceptors (Lipinski definition) is 2. The van der Waals surface area contributed by atoms with E-state index in [1.54, 1.807) is 0 Å². The van der Waals surface area contributed by atoms with E-state index in [1.165, 1.54) is 0 Å². The van der Waals surface area contributed by atoms with E-state index in [0.29, 0.717) is 6.54 Å². The Kier molecular flexibility index (Phi) is 6.73. The van der Waals surface area contributed by atoms with Crippen LogP contribution in [0.2, 0.25) is 0 Å². The Labute approximate surface area is 125 Å². The third kappa shape index (κ3) is 4.43. The van der Waals surface area contributed by atoms with Crippen LogP contribution in [0.5, 0.6) is 0 Å². The molecule has 106 valence electrons. The van der Waals surface area contributed by atoms with Crippen molar-refractivity contribution in [3.05, 3.63) is 35.9 Å². The second kappa shape index (κ2) is 7.81. The van der Waals surface area contributed by atoms with E-state index >= 15 is 0 Å². The van der Waals surface area contributed by atoms with Gasteiger partial charge in [-0.05, 0) is 24.7 Å². The van der Waals surface area contributed by atoms with Gasteiger partial charge >= 0.3 is 0 Å². The molecule has 1 N–H and O–H groups in total. The Bertz CT molecular complexity index is 384. The minimum Gasteiger partial charge on any atom is -0.353 e. The van der Waals surface area contributed by atoms with Gasteiger partial charge in [0.25, 0.3) is 0 Å². The monoisotopic (exact) mass is 299 g/mol. The van der Waals surface area contributed by atoms with Crippen molar-refractivity contribution in [3.63, 3.8) is 0 Å². The number of halogens is 1. The van der Waals surface area contributed by atoms with E-state index in [2.05, 4.69) is 25.4 Å². The van der Waals surface area contributed by atoms with Gasteiger partial charge in [0.15, 0.2) is 0 Å². The lowest BCUT2D eigenvalue weighted by Crippen LogP contribution is -2.40. The minimum atomic E-state index is -0.616. The van der Waals surface area contributed by atoms with Crippen molar-refractivity contribution in [3.8, 4) is 0 Å². The van der Waals surface area contributed by atoms with Crippen LogP contribution in [0.15, 0.2) is 30.3 Å². The summed E-state index contributed by atoms with van der Waals surface area (Å²) < 4.78 is 0.114. The first kappa shape index (κ1) is 16.4. The van der Waals surface area contributed by atoms with Gasteiger partial charge in [0.1, 0.15) is 5.38 Å². The number of thioether (sulfide) groups is 1. The van der Waals surface area contributed by atoms with Gasteiger partial charge in [-0.15, -0.1) is 11.6 Å². The third-order valence-corrected chi connectivity index (χ3v) is 5.67. The van der Waals surface area contributed by atoms with Gasteiger partial charge in [-0.3, -0.25) is 4.79 Å². The summed E-state index contributed by atoms with van der Waals surface area (Å²) in [5, 5.41) is 2.37. The van der Waals surface area contributed by atoms with Crippen LogP contribution in [0.3, 0.4) is 0 Å². The molecule has 4 heteroatoms. The van der Waals surface area contributed by atoms with E-state index in [4.69, 9.17) is 11.6 Å². The number of benzene rings is 1. The van der Waals surface area contributed by atoms with Crippen LogP contribution < -0.4 is 5.32 Å². The van der Waals surface area contributed by atoms with E-state index in [-0.39, 0.29) is 10.7 Å². The molecule has 2 nitrogen and oxygen atoms in total. The molecule has 19 heavy (non-hydrogen) atoms. The van der Waals surface area contributed by atoms with Crippen LogP contribution in [0, 0.1) is 0 Å². The molecule has 1 unspecified atom stereocenters. The first-order chi connectivity index (χ1) is 9.08. The molecule has 1 amide bonds. The summed E-state index contributed by atoms with van der Waals surface area (Å²) in [7, 11) is 0. The first-order valence-corrected chi connectivity index (χ1v) is 8.26. The number of carbonyl (C=O) groups is 1. The molecule has 0 aromatic heterocycles. The molecule has 0 spiro atoms. The van der Waals surface area contributed by atoms with Crippen LogP contribution >= 0.6 is 23.4 Å². The zero-order chi connectivity index (χ0) is 14.3. The van der Waals surface area contributed by atoms with Crippen molar-refractivity contribution in [1.29, 1.82) is 0 Å². The maximum atomic E-state index is 12.1. The Balaban J connectivity index is 2.60. The number of hydrogen-bond donors (Lipinski definition) is 1. The highest BCUT2D eigenvalue weighted by atomic mass is 35.5. The zero-order valence-corrected chi connectivity index (χ0v) is 13.4. The van der Waals surface area contributed by atoms with Gasteiger partial charge in [-0.1, -0.05) is 44.2 Å². The third-order valence-electron chi connectivity index (χ3n) is 3.63. The molecule has 0 fully saturated rings. The van der Waals surface area contributed by atoms with Crippen molar-refractivity contribution in [1.82, 2.24) is 5.32 Å². The highest BCUT2D eigenvalue weighted by molar-refractivity contribution is 8.00. The van der Waals surface area contributed by atoms with Crippen molar-refractivity contribution in [2.24, 2.45) is 0 Å². The van der Waals surface area contributed by atoms with Gasteiger partial charge in [0.2, 0.25) is 5.91 Å². The van der Waals surface area contributed by atoms with Gasteiger partial charge < -0.3 is 5.32 Å². The molecule has 1 atom stereocenters. The fraction of sp³-hybridized carbons (Fsp3) is 0.533. The summed E-state index contributed by atoms with van der Waals surface area (Å²) in [6.45, 7) is 4.97. The minimum absolute atomic E-state index is 0.114. The van der Waals surface area contributed by atoms with Gasteiger partial charge in [0.05, 0.1) is 0 Å². The Hall–Kier alpha value is -0.670. The van der Waals surface area contributed by atoms with E-state index in [0.717, 1.165) is 18.4 Å². The molecule has 0 saturated carbocycles. The van der Waals surface area contributed by atoms with Crippen molar-refractivity contribution < 1.29 is 4.79 Å². The lowest BCUT2D eigenvalue weighted by Gasteiger charge is -2.30. The normalized spacial score (nSPS) is 13.1. The molecule has 0 aliphatic rings. The van der Waals surface area contributed by atoms with Crippen LogP contribution in [0.25, 0.3) is 0 Å². The highest BCUT2D eigenvalue weighted by Crippen LogP contribution is 2.30. The topological polar surface area (TPSA) is 29.1 Å². The smallest absolute Gasteiger partial charge is 0.242 e. The average Bonchev–Trinajstić information content (AvgIpc) is 2.49. The standard InChI is InChI=1S/C15H22ClNOS/c1-4-15(5-2,19-3)11-17-14(18)13(16)12-9-7-6-8-10-12/h6-10,13H,4-5,11H2,1-3H3,(H,17,18). The lowest BCUT2D eigenvalue weighted by atomic mass is 10.0. The number of nitrogens with one attached hydrogen (secondary N) is 1. The molecule has 0 heterocycles. The molecule has 0 radical (unpaired) electrons. The summed E-state index contributed by atoms with van der Waals surface area (Å²) >= 11 is 8.01. The van der Waals surface area contributed by atoms with E-state index in [1.807, 2.05) is 42.1 Å². The number of carbonyl (C=O) groups excluding carboxylic acids is 1. The molecular weight excluding hydrogens is 278 g/mol. The number of rotatable bonds is 7. The first-order valence-electron chi connectivity index (χ1n) is 6.60. The summed E-state index contributed by atoms with van der Waals surface area (Å²) in [6.07, 6.45) is 4.15. The Morgan fingerprint density at radius 2 is 1.89 bits per heavy atom. The summed E-state index contributed by atoms with van der Waals surface area (Å²) in [6, 6.07) is 9.44. The Morgan fingerprint density at radius 1 is 1.32 bits per heavy atom. The molecule has 0 aliphatic carbocycles. The lowest BCUT2D eigenvalue weighted by molar-refractivity contribution is -0.120. The van der Waals surface area contributed by atoms with Crippen molar-refractivity contribution in [2.75, 3.05) is 12.8 Å². The maximum absolute atomic E-state index is 12.1. The van der Waals surface area contributed by atoms with Crippen LogP contribution in [0.4, 0.5) is 0 Å². The SMILES string of the molecule is CCC(CC)(CNC(=O)C(Cl)c1ccccc1)SC. The fourth-order valence-corrected chi connectivity index (χ4v) is 2.99. The predicted molar refractivity (Wildman–Crippen MR) is 84.9 cm³/mol. The second-order valence-corrected chi connectivity index (χ2v) is 6.30. The molecule has 1 rings (SSSR count). The zero-order valence-electron chi connectivity index (χ0n) is 11.8. The molecular formula is C15H22ClNOS. The molecule has 0 bridgehead atoms. The second-order valence-electron chi connectivity index (χ2n) is 4.59. The number of amides is 1. The summed E-state index contributed by atoms with van der Waals surface area (Å²) in [5.74, 6) is -0.117.